The molecular weight excluding hydrogens is 311 g/mol. The highest BCUT2D eigenvalue weighted by Gasteiger charge is 2.37. The Hall–Kier alpha value is -1.95. The minimum absolute atomic E-state index is 0.0422. The summed E-state index contributed by atoms with van der Waals surface area (Å²) in [5.74, 6) is -1.48. The monoisotopic (exact) mass is 334 g/mol. The molecular formula is C18H23FN2O3. The van der Waals surface area contributed by atoms with Crippen LogP contribution in [0.25, 0.3) is 0 Å². The number of carboxylic acid groups (broad SMARTS) is 1. The summed E-state index contributed by atoms with van der Waals surface area (Å²) in [6.45, 7) is 2.29. The van der Waals surface area contributed by atoms with E-state index in [9.17, 15) is 14.0 Å². The minimum Gasteiger partial charge on any atom is -0.481 e. The summed E-state index contributed by atoms with van der Waals surface area (Å²) >= 11 is 0. The van der Waals surface area contributed by atoms with E-state index in [1.165, 1.54) is 12.1 Å². The second-order valence-corrected chi connectivity index (χ2v) is 6.72. The van der Waals surface area contributed by atoms with Crippen LogP contribution in [0, 0.1) is 11.7 Å². The van der Waals surface area contributed by atoms with Gasteiger partial charge in [0.25, 0.3) is 0 Å². The summed E-state index contributed by atoms with van der Waals surface area (Å²) < 4.78 is 13.1. The van der Waals surface area contributed by atoms with Crippen molar-refractivity contribution in [3.05, 3.63) is 35.6 Å². The molecule has 130 valence electrons. The maximum absolute atomic E-state index is 13.1. The van der Waals surface area contributed by atoms with Crippen molar-refractivity contribution >= 4 is 11.9 Å². The summed E-state index contributed by atoms with van der Waals surface area (Å²) in [6, 6.07) is 6.18. The molecule has 0 aromatic heterocycles. The number of hydrogen-bond donors (Lipinski definition) is 1. The molecule has 1 aromatic carbocycles. The van der Waals surface area contributed by atoms with E-state index in [0.29, 0.717) is 26.1 Å². The van der Waals surface area contributed by atoms with E-state index in [2.05, 4.69) is 4.90 Å². The number of piperidine rings is 1. The first kappa shape index (κ1) is 16.9. The fourth-order valence-corrected chi connectivity index (χ4v) is 3.66. The Morgan fingerprint density at radius 3 is 2.54 bits per heavy atom. The van der Waals surface area contributed by atoms with Crippen LogP contribution in [0.2, 0.25) is 0 Å². The lowest BCUT2D eigenvalue weighted by Crippen LogP contribution is -2.50. The van der Waals surface area contributed by atoms with E-state index < -0.39 is 11.9 Å². The summed E-state index contributed by atoms with van der Waals surface area (Å²) in [6.07, 6.45) is 3.38. The molecule has 1 N–H and O–H groups in total. The zero-order valence-electron chi connectivity index (χ0n) is 13.7. The first-order chi connectivity index (χ1) is 11.5. The second-order valence-electron chi connectivity index (χ2n) is 6.72. The Kier molecular flexibility index (Phi) is 5.14. The van der Waals surface area contributed by atoms with Gasteiger partial charge in [0.1, 0.15) is 5.82 Å². The van der Waals surface area contributed by atoms with Crippen LogP contribution in [0.1, 0.15) is 31.2 Å². The van der Waals surface area contributed by atoms with Crippen LogP contribution in [0.3, 0.4) is 0 Å². The highest BCUT2D eigenvalue weighted by atomic mass is 19.1. The maximum atomic E-state index is 13.1. The molecule has 2 saturated heterocycles. The number of likely N-dealkylation sites (tertiary alicyclic amines) is 2. The summed E-state index contributed by atoms with van der Waals surface area (Å²) in [7, 11) is 0. The highest BCUT2D eigenvalue weighted by Crippen LogP contribution is 2.24. The molecule has 0 radical (unpaired) electrons. The molecule has 3 rings (SSSR count). The number of rotatable bonds is 4. The van der Waals surface area contributed by atoms with Crippen LogP contribution in [0.4, 0.5) is 4.39 Å². The van der Waals surface area contributed by atoms with E-state index in [-0.39, 0.29) is 17.8 Å². The molecule has 2 fully saturated rings. The van der Waals surface area contributed by atoms with Gasteiger partial charge in [-0.05, 0) is 43.5 Å². The lowest BCUT2D eigenvalue weighted by Gasteiger charge is -2.36. The number of amides is 1. The van der Waals surface area contributed by atoms with Crippen molar-refractivity contribution in [2.24, 2.45) is 5.92 Å². The number of halogens is 1. The van der Waals surface area contributed by atoms with Crippen molar-refractivity contribution in [3.8, 4) is 0 Å². The van der Waals surface area contributed by atoms with Gasteiger partial charge in [0.2, 0.25) is 5.91 Å². The second kappa shape index (κ2) is 7.30. The smallest absolute Gasteiger partial charge is 0.308 e. The average molecular weight is 334 g/mol. The van der Waals surface area contributed by atoms with Gasteiger partial charge in [-0.15, -0.1) is 0 Å². The molecule has 1 amide bonds. The summed E-state index contributed by atoms with van der Waals surface area (Å²) in [5, 5.41) is 9.11. The van der Waals surface area contributed by atoms with Gasteiger partial charge in [-0.2, -0.15) is 0 Å². The molecule has 2 heterocycles. The number of hydrogen-bond acceptors (Lipinski definition) is 3. The Balaban J connectivity index is 1.66. The molecule has 0 aliphatic carbocycles. The van der Waals surface area contributed by atoms with E-state index in [1.54, 1.807) is 17.0 Å². The Bertz CT molecular complexity index is 605. The van der Waals surface area contributed by atoms with E-state index in [1.807, 2.05) is 0 Å². The molecule has 0 unspecified atom stereocenters. The fourth-order valence-electron chi connectivity index (χ4n) is 3.66. The lowest BCUT2D eigenvalue weighted by atomic mass is 10.00. The van der Waals surface area contributed by atoms with Gasteiger partial charge < -0.3 is 10.0 Å². The van der Waals surface area contributed by atoms with Crippen molar-refractivity contribution < 1.29 is 19.1 Å². The van der Waals surface area contributed by atoms with Crippen LogP contribution in [-0.2, 0) is 16.1 Å². The third-order valence-corrected chi connectivity index (χ3v) is 5.05. The number of aliphatic carboxylic acids is 1. The van der Waals surface area contributed by atoms with Crippen molar-refractivity contribution in [1.29, 1.82) is 0 Å². The molecule has 24 heavy (non-hydrogen) atoms. The molecule has 2 aliphatic heterocycles. The molecule has 2 aliphatic rings. The zero-order chi connectivity index (χ0) is 17.1. The van der Waals surface area contributed by atoms with Gasteiger partial charge >= 0.3 is 5.97 Å². The van der Waals surface area contributed by atoms with Crippen molar-refractivity contribution in [3.63, 3.8) is 0 Å². The Morgan fingerprint density at radius 2 is 1.88 bits per heavy atom. The third-order valence-electron chi connectivity index (χ3n) is 5.05. The van der Waals surface area contributed by atoms with Gasteiger partial charge in [0.05, 0.1) is 12.0 Å². The van der Waals surface area contributed by atoms with Gasteiger partial charge in [-0.1, -0.05) is 18.6 Å². The summed E-state index contributed by atoms with van der Waals surface area (Å²) in [5.41, 5.74) is 0.987. The first-order valence-electron chi connectivity index (χ1n) is 8.54. The normalized spacial score (nSPS) is 25.0. The van der Waals surface area contributed by atoms with Gasteiger partial charge in [0, 0.05) is 19.6 Å². The van der Waals surface area contributed by atoms with E-state index in [0.717, 1.165) is 31.4 Å². The fraction of sp³-hybridized carbons (Fsp3) is 0.556. The molecule has 0 bridgehead atoms. The van der Waals surface area contributed by atoms with Crippen LogP contribution in [0.5, 0.6) is 0 Å². The van der Waals surface area contributed by atoms with Gasteiger partial charge in [-0.3, -0.25) is 14.5 Å². The number of carbonyl (C=O) groups excluding carboxylic acids is 1. The van der Waals surface area contributed by atoms with Gasteiger partial charge in [0.15, 0.2) is 0 Å². The van der Waals surface area contributed by atoms with Gasteiger partial charge in [-0.25, -0.2) is 4.39 Å². The summed E-state index contributed by atoms with van der Waals surface area (Å²) in [4.78, 5) is 27.8. The van der Waals surface area contributed by atoms with Crippen LogP contribution < -0.4 is 0 Å². The van der Waals surface area contributed by atoms with E-state index >= 15 is 0 Å². The van der Waals surface area contributed by atoms with Crippen LogP contribution in [-0.4, -0.2) is 52.5 Å². The van der Waals surface area contributed by atoms with Crippen molar-refractivity contribution in [1.82, 2.24) is 9.80 Å². The largest absolute Gasteiger partial charge is 0.481 e. The number of nitrogens with zero attached hydrogens (tertiary/aromatic N) is 2. The van der Waals surface area contributed by atoms with E-state index in [4.69, 9.17) is 5.11 Å². The molecule has 6 heteroatoms. The van der Waals surface area contributed by atoms with Crippen LogP contribution >= 0.6 is 0 Å². The number of carboxylic acids is 1. The molecule has 0 spiro atoms. The predicted octanol–water partition coefficient (Wildman–Crippen LogP) is 2.11. The average Bonchev–Trinajstić information content (AvgIpc) is 3.07. The third kappa shape index (κ3) is 3.75. The lowest BCUT2D eigenvalue weighted by molar-refractivity contribution is -0.142. The maximum Gasteiger partial charge on any atom is 0.308 e. The Morgan fingerprint density at radius 1 is 1.12 bits per heavy atom. The molecule has 1 aromatic rings. The SMILES string of the molecule is O=C(O)[C@H]1CCN(C(=O)[C@@H]2CCCCN2Cc2ccc(F)cc2)C1. The number of carbonyl (C=O) groups is 2. The molecule has 2 atom stereocenters. The first-order valence-corrected chi connectivity index (χ1v) is 8.54. The molecule has 0 saturated carbocycles. The van der Waals surface area contributed by atoms with Crippen molar-refractivity contribution in [2.45, 2.75) is 38.3 Å². The minimum atomic E-state index is -0.822. The predicted molar refractivity (Wildman–Crippen MR) is 86.8 cm³/mol. The zero-order valence-corrected chi connectivity index (χ0v) is 13.7. The topological polar surface area (TPSA) is 60.9 Å². The quantitative estimate of drug-likeness (QED) is 0.916. The molecule has 5 nitrogen and oxygen atoms in total. The number of benzene rings is 1. The highest BCUT2D eigenvalue weighted by molar-refractivity contribution is 5.83. The standard InChI is InChI=1S/C18H23FN2O3/c19-15-6-4-13(5-7-15)11-20-9-2-1-3-16(20)17(22)21-10-8-14(12-21)18(23)24/h4-7,14,16H,1-3,8-12H2,(H,23,24)/t14-,16-/m0/s1. The Labute approximate surface area is 141 Å². The van der Waals surface area contributed by atoms with Crippen molar-refractivity contribution in [2.75, 3.05) is 19.6 Å². The van der Waals surface area contributed by atoms with Crippen LogP contribution in [0.15, 0.2) is 24.3 Å².